The Morgan fingerprint density at radius 1 is 0.500 bits per heavy atom. The molecule has 6 N–H and O–H groups in total. The average Bonchev–Trinajstić information content (AvgIpc) is 3.01. The number of hydrogen-bond acceptors (Lipinski definition) is 11. The van der Waals surface area contributed by atoms with Crippen molar-refractivity contribution in [2.24, 2.45) is 0 Å². The molecular formula is C32H65NO11. The molecule has 0 aromatic carbocycles. The fourth-order valence-corrected chi connectivity index (χ4v) is 4.47. The largest absolute Gasteiger partial charge is 0.394 e. The Morgan fingerprint density at radius 3 is 1.18 bits per heavy atom. The van der Waals surface area contributed by atoms with Gasteiger partial charge in [0, 0.05) is 6.42 Å². The minimum Gasteiger partial charge on any atom is -0.394 e. The van der Waals surface area contributed by atoms with E-state index in [1.807, 2.05) is 0 Å². The lowest BCUT2D eigenvalue weighted by Crippen LogP contribution is -2.38. The summed E-state index contributed by atoms with van der Waals surface area (Å²) >= 11 is 0. The van der Waals surface area contributed by atoms with Gasteiger partial charge in [0.25, 0.3) is 0 Å². The van der Waals surface area contributed by atoms with E-state index >= 15 is 0 Å². The van der Waals surface area contributed by atoms with E-state index in [0.717, 1.165) is 19.3 Å². The highest BCUT2D eigenvalue weighted by Crippen LogP contribution is 2.14. The zero-order valence-electron chi connectivity index (χ0n) is 27.4. The van der Waals surface area contributed by atoms with Crippen molar-refractivity contribution >= 4 is 5.91 Å². The van der Waals surface area contributed by atoms with Gasteiger partial charge in [-0.2, -0.15) is 0 Å². The number of carbonyl (C=O) groups is 1. The fraction of sp³-hybridized carbons (Fsp3) is 0.969. The molecule has 264 valence electrons. The van der Waals surface area contributed by atoms with E-state index in [1.54, 1.807) is 0 Å². The first kappa shape index (κ1) is 43.1. The van der Waals surface area contributed by atoms with Gasteiger partial charge in [-0.1, -0.05) is 96.8 Å². The van der Waals surface area contributed by atoms with Crippen molar-refractivity contribution < 1.29 is 54.4 Å². The lowest BCUT2D eigenvalue weighted by Gasteiger charge is -2.24. The van der Waals surface area contributed by atoms with Crippen molar-refractivity contribution in [3.63, 3.8) is 0 Å². The second-order valence-corrected chi connectivity index (χ2v) is 11.7. The first-order valence-electron chi connectivity index (χ1n) is 16.9. The number of nitrogens with zero attached hydrogens (tertiary/aromatic N) is 1. The van der Waals surface area contributed by atoms with Gasteiger partial charge in [-0.15, -0.1) is 0 Å². The molecule has 0 aromatic heterocycles. The summed E-state index contributed by atoms with van der Waals surface area (Å²) in [5, 5.41) is 56.2. The molecule has 0 heterocycles. The SMILES string of the molecule is CCCCCCCCCCCCCCCCCC(=O)N(COCC(O)COCC(O)CO)COCC(O)COCC(O)CO. The van der Waals surface area contributed by atoms with E-state index in [0.29, 0.717) is 6.42 Å². The summed E-state index contributed by atoms with van der Waals surface area (Å²) in [5.41, 5.74) is 0. The summed E-state index contributed by atoms with van der Waals surface area (Å²) in [7, 11) is 0. The zero-order valence-corrected chi connectivity index (χ0v) is 27.4. The van der Waals surface area contributed by atoms with Crippen LogP contribution in [0.4, 0.5) is 0 Å². The molecule has 0 spiro atoms. The van der Waals surface area contributed by atoms with Gasteiger partial charge in [0.2, 0.25) is 5.91 Å². The van der Waals surface area contributed by atoms with E-state index in [1.165, 1.54) is 81.9 Å². The normalized spacial score (nSPS) is 14.4. The number of rotatable bonds is 34. The van der Waals surface area contributed by atoms with E-state index < -0.39 is 37.6 Å². The minimum absolute atomic E-state index is 0.0994. The van der Waals surface area contributed by atoms with Gasteiger partial charge in [0.05, 0.1) is 52.9 Å². The van der Waals surface area contributed by atoms with Crippen molar-refractivity contribution in [1.29, 1.82) is 0 Å². The molecule has 0 fully saturated rings. The first-order valence-corrected chi connectivity index (χ1v) is 16.9. The highest BCUT2D eigenvalue weighted by atomic mass is 16.5. The van der Waals surface area contributed by atoms with Gasteiger partial charge >= 0.3 is 0 Å². The molecule has 0 aromatic rings. The Morgan fingerprint density at radius 2 is 0.818 bits per heavy atom. The van der Waals surface area contributed by atoms with Crippen LogP contribution in [0.1, 0.15) is 110 Å². The van der Waals surface area contributed by atoms with Gasteiger partial charge in [-0.25, -0.2) is 0 Å². The average molecular weight is 640 g/mol. The summed E-state index contributed by atoms with van der Waals surface area (Å²) < 4.78 is 21.2. The summed E-state index contributed by atoms with van der Waals surface area (Å²) in [6, 6.07) is 0. The quantitative estimate of drug-likeness (QED) is 0.0450. The second kappa shape index (κ2) is 32.0. The van der Waals surface area contributed by atoms with Crippen LogP contribution in [0.2, 0.25) is 0 Å². The Bertz CT molecular complexity index is 589. The topological polar surface area (TPSA) is 179 Å². The molecular weight excluding hydrogens is 574 g/mol. The van der Waals surface area contributed by atoms with Crippen LogP contribution in [0.15, 0.2) is 0 Å². The maximum atomic E-state index is 12.9. The summed E-state index contributed by atoms with van der Waals surface area (Å²) in [4.78, 5) is 14.2. The van der Waals surface area contributed by atoms with Crippen LogP contribution in [0, 0.1) is 0 Å². The molecule has 4 unspecified atom stereocenters. The van der Waals surface area contributed by atoms with Crippen molar-refractivity contribution in [2.45, 2.75) is 134 Å². The Labute approximate surface area is 265 Å². The van der Waals surface area contributed by atoms with E-state index in [4.69, 9.17) is 29.2 Å². The molecule has 0 saturated heterocycles. The predicted octanol–water partition coefficient (Wildman–Crippen LogP) is 2.49. The molecule has 0 aliphatic rings. The maximum absolute atomic E-state index is 12.9. The lowest BCUT2D eigenvalue weighted by molar-refractivity contribution is -0.150. The smallest absolute Gasteiger partial charge is 0.226 e. The Balaban J connectivity index is 4.25. The number of ether oxygens (including phenoxy) is 4. The number of aliphatic hydroxyl groups is 6. The summed E-state index contributed by atoms with van der Waals surface area (Å²) in [5.74, 6) is -0.159. The molecule has 12 nitrogen and oxygen atoms in total. The highest BCUT2D eigenvalue weighted by molar-refractivity contribution is 5.75. The lowest BCUT2D eigenvalue weighted by atomic mass is 10.0. The number of unbranched alkanes of at least 4 members (excludes halogenated alkanes) is 14. The zero-order chi connectivity index (χ0) is 32.7. The van der Waals surface area contributed by atoms with Gasteiger partial charge in [-0.3, -0.25) is 9.69 Å². The molecule has 44 heavy (non-hydrogen) atoms. The van der Waals surface area contributed by atoms with Gasteiger partial charge in [-0.05, 0) is 6.42 Å². The second-order valence-electron chi connectivity index (χ2n) is 11.7. The van der Waals surface area contributed by atoms with Gasteiger partial charge in [0.1, 0.15) is 37.9 Å². The van der Waals surface area contributed by atoms with Crippen molar-refractivity contribution in [3.8, 4) is 0 Å². The molecule has 1 amide bonds. The standard InChI is InChI=1S/C32H65NO11/c1-2-3-4-5-6-7-8-9-10-11-12-13-14-15-16-17-32(40)33(26-43-24-30(38)22-41-20-28(36)18-34)27-44-25-31(39)23-42-21-29(37)19-35/h28-31,34-39H,2-27H2,1H3. The third-order valence-electron chi connectivity index (χ3n) is 7.12. The van der Waals surface area contributed by atoms with Crippen LogP contribution in [0.25, 0.3) is 0 Å². The third-order valence-corrected chi connectivity index (χ3v) is 7.12. The van der Waals surface area contributed by atoms with Gasteiger partial charge in [0.15, 0.2) is 0 Å². The van der Waals surface area contributed by atoms with E-state index in [2.05, 4.69) is 6.92 Å². The Kier molecular flexibility index (Phi) is 31.4. The third kappa shape index (κ3) is 28.5. The van der Waals surface area contributed by atoms with Crippen LogP contribution >= 0.6 is 0 Å². The van der Waals surface area contributed by atoms with Crippen LogP contribution in [0.3, 0.4) is 0 Å². The van der Waals surface area contributed by atoms with Crippen LogP contribution in [-0.2, 0) is 23.7 Å². The number of hydrogen-bond donors (Lipinski definition) is 6. The molecule has 0 saturated carbocycles. The van der Waals surface area contributed by atoms with Crippen LogP contribution in [0.5, 0.6) is 0 Å². The predicted molar refractivity (Wildman–Crippen MR) is 168 cm³/mol. The first-order chi connectivity index (χ1) is 21.3. The summed E-state index contributed by atoms with van der Waals surface area (Å²) in [6.07, 6.45) is 14.9. The van der Waals surface area contributed by atoms with E-state index in [-0.39, 0.29) is 59.0 Å². The molecule has 0 bridgehead atoms. The van der Waals surface area contributed by atoms with E-state index in [9.17, 15) is 25.2 Å². The molecule has 0 aliphatic heterocycles. The van der Waals surface area contributed by atoms with Crippen LogP contribution < -0.4 is 0 Å². The van der Waals surface area contributed by atoms with Crippen LogP contribution in [-0.4, -0.2) is 132 Å². The number of amides is 1. The van der Waals surface area contributed by atoms with Crippen molar-refractivity contribution in [2.75, 3.05) is 66.3 Å². The highest BCUT2D eigenvalue weighted by Gasteiger charge is 2.16. The summed E-state index contributed by atoms with van der Waals surface area (Å²) in [6.45, 7) is 0.486. The molecule has 0 rings (SSSR count). The molecule has 12 heteroatoms. The monoisotopic (exact) mass is 639 g/mol. The molecule has 0 aliphatic carbocycles. The molecule has 0 radical (unpaired) electrons. The minimum atomic E-state index is -1.02. The fourth-order valence-electron chi connectivity index (χ4n) is 4.47. The van der Waals surface area contributed by atoms with Crippen molar-refractivity contribution in [1.82, 2.24) is 4.90 Å². The maximum Gasteiger partial charge on any atom is 0.226 e. The number of aliphatic hydroxyl groups excluding tert-OH is 6. The number of carbonyl (C=O) groups excluding carboxylic acids is 1. The van der Waals surface area contributed by atoms with Crippen molar-refractivity contribution in [3.05, 3.63) is 0 Å². The Hall–Kier alpha value is -0.930. The molecule has 4 atom stereocenters. The van der Waals surface area contributed by atoms with Gasteiger partial charge < -0.3 is 49.6 Å².